The van der Waals surface area contributed by atoms with Gasteiger partial charge in [-0.25, -0.2) is 9.97 Å². The number of hydrogen-bond donors (Lipinski definition) is 4. The van der Waals surface area contributed by atoms with Gasteiger partial charge in [0, 0.05) is 5.56 Å². The summed E-state index contributed by atoms with van der Waals surface area (Å²) in [6.07, 6.45) is 0.693. The number of aromatic nitrogens is 4. The molecule has 0 spiro atoms. The summed E-state index contributed by atoms with van der Waals surface area (Å²) < 4.78 is 5.97. The van der Waals surface area contributed by atoms with Crippen molar-refractivity contribution in [2.24, 2.45) is 5.73 Å². The lowest BCUT2D eigenvalue weighted by Gasteiger charge is -2.13. The SMILES string of the molecule is N=C(N)c1ccc2nc(C(Cc3ccc(OCc4ccccc4)cc3)c3nc4ccccc4[nH]3)[nH]c2c1. The number of fused-ring (bicyclic) bond motifs is 2. The Bertz CT molecular complexity index is 1650. The Kier molecular flexibility index (Phi) is 5.86. The highest BCUT2D eigenvalue weighted by molar-refractivity contribution is 5.98. The summed E-state index contributed by atoms with van der Waals surface area (Å²) in [7, 11) is 0. The van der Waals surface area contributed by atoms with E-state index in [0.717, 1.165) is 50.6 Å². The van der Waals surface area contributed by atoms with Crippen LogP contribution in [0.4, 0.5) is 0 Å². The maximum atomic E-state index is 7.76. The van der Waals surface area contributed by atoms with Crippen molar-refractivity contribution in [3.8, 4) is 5.75 Å². The van der Waals surface area contributed by atoms with Crippen molar-refractivity contribution in [3.05, 3.63) is 125 Å². The second-order valence-corrected chi connectivity index (χ2v) is 9.08. The number of nitrogens with zero attached hydrogens (tertiary/aromatic N) is 2. The molecule has 2 heterocycles. The molecule has 1 unspecified atom stereocenters. The Morgan fingerprint density at radius 3 is 2.16 bits per heavy atom. The highest BCUT2D eigenvalue weighted by Gasteiger charge is 2.23. The summed E-state index contributed by atoms with van der Waals surface area (Å²) in [6.45, 7) is 0.531. The number of benzene rings is 4. The van der Waals surface area contributed by atoms with E-state index in [2.05, 4.69) is 34.2 Å². The van der Waals surface area contributed by atoms with Gasteiger partial charge in [0.1, 0.15) is 29.8 Å². The Hall–Kier alpha value is -4.91. The molecule has 0 bridgehead atoms. The van der Waals surface area contributed by atoms with E-state index >= 15 is 0 Å². The van der Waals surface area contributed by atoms with Crippen LogP contribution in [0.1, 0.15) is 34.3 Å². The fourth-order valence-electron chi connectivity index (χ4n) is 4.52. The first-order valence-electron chi connectivity index (χ1n) is 12.2. The fraction of sp³-hybridized carbons (Fsp3) is 0.100. The molecular formula is C30H26N6O. The third-order valence-electron chi connectivity index (χ3n) is 6.49. The molecule has 0 fully saturated rings. The zero-order valence-electron chi connectivity index (χ0n) is 20.1. The van der Waals surface area contributed by atoms with Crippen LogP contribution in [0.2, 0.25) is 0 Å². The number of rotatable bonds is 8. The van der Waals surface area contributed by atoms with Gasteiger partial charge in [0.2, 0.25) is 0 Å². The van der Waals surface area contributed by atoms with E-state index in [1.165, 1.54) is 0 Å². The first-order valence-corrected chi connectivity index (χ1v) is 12.2. The maximum Gasteiger partial charge on any atom is 0.122 e. The minimum Gasteiger partial charge on any atom is -0.489 e. The van der Waals surface area contributed by atoms with Gasteiger partial charge in [-0.1, -0.05) is 54.6 Å². The van der Waals surface area contributed by atoms with Crippen LogP contribution in [-0.4, -0.2) is 25.8 Å². The zero-order valence-corrected chi connectivity index (χ0v) is 20.1. The van der Waals surface area contributed by atoms with E-state index in [4.69, 9.17) is 25.8 Å². The van der Waals surface area contributed by atoms with Crippen molar-refractivity contribution < 1.29 is 4.74 Å². The molecule has 0 aliphatic carbocycles. The number of aromatic amines is 2. The van der Waals surface area contributed by atoms with Crippen LogP contribution in [0.25, 0.3) is 22.1 Å². The molecule has 1 atom stereocenters. The molecule has 7 heteroatoms. The summed E-state index contributed by atoms with van der Waals surface area (Å²) in [5.74, 6) is 2.38. The number of nitrogens with one attached hydrogen (secondary N) is 3. The number of ether oxygens (including phenoxy) is 1. The highest BCUT2D eigenvalue weighted by Crippen LogP contribution is 2.29. The molecule has 4 aromatic carbocycles. The Morgan fingerprint density at radius 1 is 0.757 bits per heavy atom. The van der Waals surface area contributed by atoms with Crippen LogP contribution < -0.4 is 10.5 Å². The van der Waals surface area contributed by atoms with Crippen molar-refractivity contribution in [3.63, 3.8) is 0 Å². The molecule has 0 saturated heterocycles. The monoisotopic (exact) mass is 486 g/mol. The third-order valence-corrected chi connectivity index (χ3v) is 6.49. The van der Waals surface area contributed by atoms with Gasteiger partial charge in [0.05, 0.1) is 28.0 Å². The molecule has 0 radical (unpaired) electrons. The Morgan fingerprint density at radius 2 is 1.43 bits per heavy atom. The highest BCUT2D eigenvalue weighted by atomic mass is 16.5. The molecule has 5 N–H and O–H groups in total. The summed E-state index contributed by atoms with van der Waals surface area (Å²) >= 11 is 0. The molecule has 7 nitrogen and oxygen atoms in total. The van der Waals surface area contributed by atoms with E-state index in [1.807, 2.05) is 72.8 Å². The standard InChI is InChI=1S/C30H26N6O/c31-28(32)21-12-15-26-27(17-21)36-30(35-26)23(29-33-24-8-4-5-9-25(24)34-29)16-19-10-13-22(14-11-19)37-18-20-6-2-1-3-7-20/h1-15,17,23H,16,18H2,(H3,31,32)(H,33,34)(H,35,36). The molecule has 37 heavy (non-hydrogen) atoms. The summed E-state index contributed by atoms with van der Waals surface area (Å²) in [5.41, 5.74) is 12.2. The average molecular weight is 487 g/mol. The van der Waals surface area contributed by atoms with E-state index < -0.39 is 0 Å². The normalized spacial score (nSPS) is 12.1. The predicted molar refractivity (Wildman–Crippen MR) is 146 cm³/mol. The van der Waals surface area contributed by atoms with E-state index in [0.29, 0.717) is 18.6 Å². The Balaban J connectivity index is 1.30. The molecule has 182 valence electrons. The quantitative estimate of drug-likeness (QED) is 0.164. The number of para-hydroxylation sites is 2. The molecule has 0 saturated carbocycles. The van der Waals surface area contributed by atoms with E-state index in [-0.39, 0.29) is 11.8 Å². The predicted octanol–water partition coefficient (Wildman–Crippen LogP) is 5.68. The number of hydrogen-bond acceptors (Lipinski definition) is 4. The van der Waals surface area contributed by atoms with Crippen LogP contribution >= 0.6 is 0 Å². The molecule has 6 aromatic rings. The fourth-order valence-corrected chi connectivity index (χ4v) is 4.52. The molecule has 0 amide bonds. The molecule has 2 aromatic heterocycles. The number of nitrogen functional groups attached to an aromatic ring is 1. The number of imidazole rings is 2. The van der Waals surface area contributed by atoms with Gasteiger partial charge in [-0.05, 0) is 60.0 Å². The molecule has 0 aliphatic rings. The lowest BCUT2D eigenvalue weighted by molar-refractivity contribution is 0.306. The van der Waals surface area contributed by atoms with Gasteiger partial charge in [-0.3, -0.25) is 5.41 Å². The van der Waals surface area contributed by atoms with Crippen molar-refractivity contribution in [2.75, 3.05) is 0 Å². The van der Waals surface area contributed by atoms with Gasteiger partial charge in [-0.2, -0.15) is 0 Å². The first-order chi connectivity index (χ1) is 18.1. The van der Waals surface area contributed by atoms with Crippen LogP contribution in [0, 0.1) is 5.41 Å². The average Bonchev–Trinajstić information content (AvgIpc) is 3.55. The number of amidine groups is 1. The van der Waals surface area contributed by atoms with Crippen molar-refractivity contribution in [1.29, 1.82) is 5.41 Å². The lowest BCUT2D eigenvalue weighted by atomic mass is 9.98. The number of nitrogens with two attached hydrogens (primary N) is 1. The third kappa shape index (κ3) is 4.79. The largest absolute Gasteiger partial charge is 0.489 e. The molecule has 6 rings (SSSR count). The summed E-state index contributed by atoms with van der Waals surface area (Å²) in [6, 6.07) is 31.9. The van der Waals surface area contributed by atoms with Gasteiger partial charge in [-0.15, -0.1) is 0 Å². The smallest absolute Gasteiger partial charge is 0.122 e. The van der Waals surface area contributed by atoms with Gasteiger partial charge >= 0.3 is 0 Å². The van der Waals surface area contributed by atoms with Crippen LogP contribution in [0.15, 0.2) is 97.1 Å². The van der Waals surface area contributed by atoms with Crippen LogP contribution in [0.3, 0.4) is 0 Å². The molecule has 0 aliphatic heterocycles. The minimum atomic E-state index is -0.128. The summed E-state index contributed by atoms with van der Waals surface area (Å²) in [4.78, 5) is 16.7. The minimum absolute atomic E-state index is 0.0291. The van der Waals surface area contributed by atoms with Gasteiger partial charge in [0.15, 0.2) is 0 Å². The van der Waals surface area contributed by atoms with Crippen molar-refractivity contribution >= 4 is 27.9 Å². The van der Waals surface area contributed by atoms with E-state index in [9.17, 15) is 0 Å². The van der Waals surface area contributed by atoms with Crippen LogP contribution in [-0.2, 0) is 13.0 Å². The Labute approximate surface area is 213 Å². The second-order valence-electron chi connectivity index (χ2n) is 9.08. The summed E-state index contributed by atoms with van der Waals surface area (Å²) in [5, 5.41) is 7.76. The number of H-pyrrole nitrogens is 2. The van der Waals surface area contributed by atoms with Crippen molar-refractivity contribution in [2.45, 2.75) is 18.9 Å². The molecular weight excluding hydrogens is 460 g/mol. The van der Waals surface area contributed by atoms with Crippen LogP contribution in [0.5, 0.6) is 5.75 Å². The topological polar surface area (TPSA) is 116 Å². The van der Waals surface area contributed by atoms with Crippen molar-refractivity contribution in [1.82, 2.24) is 19.9 Å². The lowest BCUT2D eigenvalue weighted by Crippen LogP contribution is -2.10. The van der Waals surface area contributed by atoms with Gasteiger partial charge in [0.25, 0.3) is 0 Å². The maximum absolute atomic E-state index is 7.76. The first kappa shape index (κ1) is 22.5. The second kappa shape index (κ2) is 9.62. The van der Waals surface area contributed by atoms with Gasteiger partial charge < -0.3 is 20.4 Å². The zero-order chi connectivity index (χ0) is 25.2. The van der Waals surface area contributed by atoms with E-state index in [1.54, 1.807) is 0 Å².